The van der Waals surface area contributed by atoms with Crippen LogP contribution in [-0.4, -0.2) is 25.8 Å². The van der Waals surface area contributed by atoms with E-state index in [2.05, 4.69) is 13.8 Å². The Morgan fingerprint density at radius 3 is 2.12 bits per heavy atom. The van der Waals surface area contributed by atoms with Gasteiger partial charge in [-0.15, -0.1) is 0 Å². The average molecular weight is 341 g/mol. The van der Waals surface area contributed by atoms with Gasteiger partial charge in [-0.1, -0.05) is 77.4 Å². The second-order valence-electron chi connectivity index (χ2n) is 6.58. The summed E-state index contributed by atoms with van der Waals surface area (Å²) in [5.41, 5.74) is 0. The van der Waals surface area contributed by atoms with Gasteiger partial charge in [-0.2, -0.15) is 0 Å². The Balaban J connectivity index is 3.48. The number of carbonyl (C=O) groups excluding carboxylic acids is 1. The predicted molar refractivity (Wildman–Crippen MR) is 102 cm³/mol. The van der Waals surface area contributed by atoms with Crippen molar-refractivity contribution in [1.82, 2.24) is 0 Å². The first kappa shape index (κ1) is 23.2. The SMILES string of the molecule is CC/C=C/COC(=O)CCCCCC(CCCCCCCC)OC. The van der Waals surface area contributed by atoms with Crippen LogP contribution < -0.4 is 0 Å². The number of allylic oxidation sites excluding steroid dienone is 1. The summed E-state index contributed by atoms with van der Waals surface area (Å²) in [5.74, 6) is -0.0777. The molecule has 1 atom stereocenters. The third-order valence-corrected chi connectivity index (χ3v) is 4.36. The largest absolute Gasteiger partial charge is 0.461 e. The Labute approximate surface area is 150 Å². The maximum Gasteiger partial charge on any atom is 0.306 e. The lowest BCUT2D eigenvalue weighted by atomic mass is 10.0. The molecule has 0 radical (unpaired) electrons. The quantitative estimate of drug-likeness (QED) is 0.179. The molecular formula is C21H40O3. The Kier molecular flexibility index (Phi) is 17.9. The molecule has 0 amide bonds. The van der Waals surface area contributed by atoms with Gasteiger partial charge in [0.1, 0.15) is 6.61 Å². The Morgan fingerprint density at radius 2 is 1.50 bits per heavy atom. The molecule has 0 saturated carbocycles. The van der Waals surface area contributed by atoms with Crippen LogP contribution in [0.25, 0.3) is 0 Å². The summed E-state index contributed by atoms with van der Waals surface area (Å²) in [4.78, 5) is 11.5. The molecule has 3 nitrogen and oxygen atoms in total. The predicted octanol–water partition coefficient (Wildman–Crippen LogP) is 6.21. The molecular weight excluding hydrogens is 300 g/mol. The number of hydrogen-bond acceptors (Lipinski definition) is 3. The van der Waals surface area contributed by atoms with Crippen molar-refractivity contribution in [3.63, 3.8) is 0 Å². The zero-order valence-corrected chi connectivity index (χ0v) is 16.4. The molecule has 0 aromatic carbocycles. The number of methoxy groups -OCH3 is 1. The molecule has 0 bridgehead atoms. The van der Waals surface area contributed by atoms with Gasteiger partial charge in [-0.25, -0.2) is 0 Å². The molecule has 142 valence electrons. The summed E-state index contributed by atoms with van der Waals surface area (Å²) in [5, 5.41) is 0. The number of hydrogen-bond donors (Lipinski definition) is 0. The van der Waals surface area contributed by atoms with Crippen molar-refractivity contribution in [2.75, 3.05) is 13.7 Å². The molecule has 0 saturated heterocycles. The fourth-order valence-electron chi connectivity index (χ4n) is 2.80. The van der Waals surface area contributed by atoms with Crippen LogP contribution in [0, 0.1) is 0 Å². The zero-order valence-electron chi connectivity index (χ0n) is 16.4. The van der Waals surface area contributed by atoms with Crippen LogP contribution in [0.2, 0.25) is 0 Å². The van der Waals surface area contributed by atoms with E-state index in [-0.39, 0.29) is 5.97 Å². The van der Waals surface area contributed by atoms with Crippen LogP contribution in [0.1, 0.15) is 97.3 Å². The van der Waals surface area contributed by atoms with Gasteiger partial charge >= 0.3 is 5.97 Å². The van der Waals surface area contributed by atoms with Crippen molar-refractivity contribution in [2.45, 2.75) is 103 Å². The van der Waals surface area contributed by atoms with Gasteiger partial charge in [0.15, 0.2) is 0 Å². The van der Waals surface area contributed by atoms with Crippen LogP contribution in [0.3, 0.4) is 0 Å². The Bertz CT molecular complexity index is 299. The van der Waals surface area contributed by atoms with Crippen molar-refractivity contribution in [3.8, 4) is 0 Å². The second kappa shape index (κ2) is 18.5. The smallest absolute Gasteiger partial charge is 0.306 e. The Hall–Kier alpha value is -0.830. The van der Waals surface area contributed by atoms with Gasteiger partial charge in [0.05, 0.1) is 6.10 Å². The molecule has 0 heterocycles. The molecule has 24 heavy (non-hydrogen) atoms. The van der Waals surface area contributed by atoms with Gasteiger partial charge in [0, 0.05) is 13.5 Å². The molecule has 0 spiro atoms. The minimum Gasteiger partial charge on any atom is -0.461 e. The highest BCUT2D eigenvalue weighted by molar-refractivity contribution is 5.69. The molecule has 0 aromatic rings. The third-order valence-electron chi connectivity index (χ3n) is 4.36. The van der Waals surface area contributed by atoms with E-state index in [0.29, 0.717) is 19.1 Å². The molecule has 0 N–H and O–H groups in total. The first-order chi connectivity index (χ1) is 11.7. The maximum atomic E-state index is 11.5. The number of rotatable bonds is 17. The van der Waals surface area contributed by atoms with E-state index in [1.807, 2.05) is 19.3 Å². The molecule has 0 aliphatic carbocycles. The van der Waals surface area contributed by atoms with Gasteiger partial charge in [0.2, 0.25) is 0 Å². The summed E-state index contributed by atoms with van der Waals surface area (Å²) in [7, 11) is 1.82. The second-order valence-corrected chi connectivity index (χ2v) is 6.58. The van der Waals surface area contributed by atoms with E-state index >= 15 is 0 Å². The van der Waals surface area contributed by atoms with E-state index in [9.17, 15) is 4.79 Å². The lowest BCUT2D eigenvalue weighted by molar-refractivity contribution is -0.142. The van der Waals surface area contributed by atoms with E-state index in [0.717, 1.165) is 32.1 Å². The first-order valence-corrected chi connectivity index (χ1v) is 10.1. The first-order valence-electron chi connectivity index (χ1n) is 10.1. The minimum atomic E-state index is -0.0777. The number of esters is 1. The van der Waals surface area contributed by atoms with Crippen molar-refractivity contribution in [2.24, 2.45) is 0 Å². The van der Waals surface area contributed by atoms with Gasteiger partial charge in [0.25, 0.3) is 0 Å². The fraction of sp³-hybridized carbons (Fsp3) is 0.857. The van der Waals surface area contributed by atoms with Crippen LogP contribution in [0.5, 0.6) is 0 Å². The van der Waals surface area contributed by atoms with Crippen molar-refractivity contribution < 1.29 is 14.3 Å². The molecule has 0 aliphatic rings. The standard InChI is InChI=1S/C21H40O3/c1-4-6-8-9-10-12-16-20(23-3)17-13-11-14-18-21(22)24-19-15-7-5-2/h7,15,20H,4-6,8-14,16-19H2,1-3H3/b15-7+. The molecule has 1 unspecified atom stereocenters. The number of carbonyl (C=O) groups is 1. The fourth-order valence-corrected chi connectivity index (χ4v) is 2.80. The number of unbranched alkanes of at least 4 members (excludes halogenated alkanes) is 7. The lowest BCUT2D eigenvalue weighted by Crippen LogP contribution is -2.10. The average Bonchev–Trinajstić information content (AvgIpc) is 2.59. The van der Waals surface area contributed by atoms with Crippen LogP contribution in [0.15, 0.2) is 12.2 Å². The normalized spacial score (nSPS) is 12.6. The molecule has 0 aliphatic heterocycles. The maximum absolute atomic E-state index is 11.5. The molecule has 0 fully saturated rings. The van der Waals surface area contributed by atoms with Crippen molar-refractivity contribution in [3.05, 3.63) is 12.2 Å². The van der Waals surface area contributed by atoms with Crippen LogP contribution in [0.4, 0.5) is 0 Å². The van der Waals surface area contributed by atoms with Gasteiger partial charge in [-0.05, 0) is 25.7 Å². The monoisotopic (exact) mass is 340 g/mol. The summed E-state index contributed by atoms with van der Waals surface area (Å²) in [6.07, 6.45) is 19.3. The van der Waals surface area contributed by atoms with Gasteiger partial charge in [-0.3, -0.25) is 4.79 Å². The van der Waals surface area contributed by atoms with E-state index in [1.54, 1.807) is 0 Å². The van der Waals surface area contributed by atoms with E-state index in [1.165, 1.54) is 44.9 Å². The van der Waals surface area contributed by atoms with E-state index < -0.39 is 0 Å². The topological polar surface area (TPSA) is 35.5 Å². The van der Waals surface area contributed by atoms with Crippen molar-refractivity contribution in [1.29, 1.82) is 0 Å². The lowest BCUT2D eigenvalue weighted by Gasteiger charge is -2.15. The molecule has 0 rings (SSSR count). The minimum absolute atomic E-state index is 0.0777. The summed E-state index contributed by atoms with van der Waals surface area (Å²) in [6.45, 7) is 4.74. The highest BCUT2D eigenvalue weighted by atomic mass is 16.5. The summed E-state index contributed by atoms with van der Waals surface area (Å²) < 4.78 is 10.7. The van der Waals surface area contributed by atoms with E-state index in [4.69, 9.17) is 9.47 Å². The molecule has 0 aromatic heterocycles. The van der Waals surface area contributed by atoms with Crippen molar-refractivity contribution >= 4 is 5.97 Å². The third kappa shape index (κ3) is 16.0. The number of ether oxygens (including phenoxy) is 2. The van der Waals surface area contributed by atoms with Crippen LogP contribution in [-0.2, 0) is 14.3 Å². The summed E-state index contributed by atoms with van der Waals surface area (Å²) >= 11 is 0. The zero-order chi connectivity index (χ0) is 17.9. The highest BCUT2D eigenvalue weighted by Crippen LogP contribution is 2.15. The highest BCUT2D eigenvalue weighted by Gasteiger charge is 2.07. The summed E-state index contributed by atoms with van der Waals surface area (Å²) in [6, 6.07) is 0. The van der Waals surface area contributed by atoms with Crippen LogP contribution >= 0.6 is 0 Å². The Morgan fingerprint density at radius 1 is 0.875 bits per heavy atom. The molecule has 3 heteroatoms. The van der Waals surface area contributed by atoms with Gasteiger partial charge < -0.3 is 9.47 Å².